The molecule has 1 aromatic heterocycles. The van der Waals surface area contributed by atoms with Crippen LogP contribution in [0, 0.1) is 0 Å². The third-order valence-electron chi connectivity index (χ3n) is 4.95. The van der Waals surface area contributed by atoms with Gasteiger partial charge in [-0.25, -0.2) is 9.78 Å². The third-order valence-corrected chi connectivity index (χ3v) is 4.95. The summed E-state index contributed by atoms with van der Waals surface area (Å²) >= 11 is 0. The minimum Gasteiger partial charge on any atom is -0.438 e. The Morgan fingerprint density at radius 2 is 2.00 bits per heavy atom. The van der Waals surface area contributed by atoms with Gasteiger partial charge in [0.2, 0.25) is 0 Å². The molecule has 0 spiro atoms. The number of aromatic nitrogens is 2. The topological polar surface area (TPSA) is 78.5 Å². The molecule has 1 fully saturated rings. The number of nitrogens with one attached hydrogen (secondary N) is 1. The zero-order chi connectivity index (χ0) is 17.2. The summed E-state index contributed by atoms with van der Waals surface area (Å²) in [7, 11) is 0. The van der Waals surface area contributed by atoms with Crippen LogP contribution in [0.2, 0.25) is 0 Å². The van der Waals surface area contributed by atoms with Gasteiger partial charge in [-0.3, -0.25) is 4.90 Å². The van der Waals surface area contributed by atoms with Crippen LogP contribution < -0.4 is 0 Å². The van der Waals surface area contributed by atoms with Crippen molar-refractivity contribution in [2.24, 2.45) is 0 Å². The van der Waals surface area contributed by atoms with Crippen molar-refractivity contribution in [1.82, 2.24) is 14.9 Å². The van der Waals surface area contributed by atoms with Crippen LogP contribution in [0.25, 0.3) is 0 Å². The van der Waals surface area contributed by atoms with E-state index in [1.165, 1.54) is 4.90 Å². The minimum atomic E-state index is -1.36. The number of carbonyl (C=O) groups is 1. The first-order valence-corrected chi connectivity index (χ1v) is 8.16. The Morgan fingerprint density at radius 3 is 2.67 bits per heavy atom. The summed E-state index contributed by atoms with van der Waals surface area (Å²) in [5.41, 5.74) is -0.245. The first-order chi connectivity index (χ1) is 11.4. The van der Waals surface area contributed by atoms with Crippen molar-refractivity contribution in [2.45, 2.75) is 44.4 Å². The Kier molecular flexibility index (Phi) is 4.32. The molecule has 2 aromatic rings. The molecule has 3 rings (SSSR count). The number of cyclic esters (lactones) is 1. The molecule has 1 saturated heterocycles. The number of nitrogens with zero attached hydrogens (tertiary/aromatic N) is 2. The van der Waals surface area contributed by atoms with Crippen molar-refractivity contribution in [3.05, 3.63) is 54.1 Å². The highest BCUT2D eigenvalue weighted by Crippen LogP contribution is 2.40. The molecule has 6 nitrogen and oxygen atoms in total. The number of carbonyl (C=O) groups excluding carboxylic acids is 1. The van der Waals surface area contributed by atoms with Gasteiger partial charge in [0.1, 0.15) is 0 Å². The summed E-state index contributed by atoms with van der Waals surface area (Å²) in [6.45, 7) is 3.81. The molecular formula is C18H23N3O3. The highest BCUT2D eigenvalue weighted by Gasteiger charge is 2.58. The zero-order valence-corrected chi connectivity index (χ0v) is 14.0. The fraction of sp³-hybridized carbons (Fsp3) is 0.444. The van der Waals surface area contributed by atoms with Crippen LogP contribution in [0.4, 0.5) is 4.79 Å². The normalized spacial score (nSPS) is 26.6. The number of ether oxygens (including phenoxy) is 1. The number of aromatic amines is 1. The molecule has 2 N–H and O–H groups in total. The fourth-order valence-corrected chi connectivity index (χ4v) is 3.09. The highest BCUT2D eigenvalue weighted by molar-refractivity contribution is 5.72. The van der Waals surface area contributed by atoms with Gasteiger partial charge in [-0.05, 0) is 32.3 Å². The molecule has 0 radical (unpaired) electrons. The van der Waals surface area contributed by atoms with Gasteiger partial charge in [-0.1, -0.05) is 30.3 Å². The summed E-state index contributed by atoms with van der Waals surface area (Å²) in [4.78, 5) is 20.7. The van der Waals surface area contributed by atoms with Crippen LogP contribution in [0.15, 0.2) is 42.9 Å². The smallest absolute Gasteiger partial charge is 0.412 e. The van der Waals surface area contributed by atoms with Crippen molar-refractivity contribution in [3.63, 3.8) is 0 Å². The van der Waals surface area contributed by atoms with Gasteiger partial charge < -0.3 is 14.8 Å². The Hall–Kier alpha value is -2.34. The number of amides is 1. The molecule has 0 aliphatic carbocycles. The van der Waals surface area contributed by atoms with Crippen molar-refractivity contribution < 1.29 is 14.6 Å². The molecule has 0 bridgehead atoms. The molecule has 6 heteroatoms. The number of aryl methyl sites for hydroxylation is 1. The average Bonchev–Trinajstić information content (AvgIpc) is 3.12. The number of hydrogen-bond acceptors (Lipinski definition) is 4. The van der Waals surface area contributed by atoms with Gasteiger partial charge in [-0.15, -0.1) is 0 Å². The van der Waals surface area contributed by atoms with Crippen LogP contribution >= 0.6 is 0 Å². The first kappa shape index (κ1) is 16.5. The highest BCUT2D eigenvalue weighted by atomic mass is 16.6. The molecule has 0 unspecified atom stereocenters. The van der Waals surface area contributed by atoms with Crippen molar-refractivity contribution >= 4 is 6.09 Å². The largest absolute Gasteiger partial charge is 0.438 e. The number of H-pyrrole nitrogens is 1. The Labute approximate surface area is 141 Å². The quantitative estimate of drug-likeness (QED) is 0.853. The summed E-state index contributed by atoms with van der Waals surface area (Å²) in [6.07, 6.45) is 4.70. The van der Waals surface area contributed by atoms with Gasteiger partial charge in [0, 0.05) is 24.9 Å². The molecular weight excluding hydrogens is 306 g/mol. The number of hydrogen-bond donors (Lipinski definition) is 2. The molecule has 1 amide bonds. The van der Waals surface area contributed by atoms with Crippen molar-refractivity contribution in [1.29, 1.82) is 0 Å². The Bertz CT molecular complexity index is 685. The van der Waals surface area contributed by atoms with Crippen LogP contribution in [0.3, 0.4) is 0 Å². The van der Waals surface area contributed by atoms with E-state index in [1.807, 2.05) is 30.3 Å². The van der Waals surface area contributed by atoms with Gasteiger partial charge in [-0.2, -0.15) is 0 Å². The average molecular weight is 329 g/mol. The van der Waals surface area contributed by atoms with E-state index in [2.05, 4.69) is 9.97 Å². The lowest BCUT2D eigenvalue weighted by Gasteiger charge is -2.37. The summed E-state index contributed by atoms with van der Waals surface area (Å²) in [5, 5.41) is 11.0. The van der Waals surface area contributed by atoms with E-state index < -0.39 is 17.4 Å². The second-order valence-corrected chi connectivity index (χ2v) is 6.58. The lowest BCUT2D eigenvalue weighted by molar-refractivity contribution is -0.138. The lowest BCUT2D eigenvalue weighted by atomic mass is 9.87. The van der Waals surface area contributed by atoms with E-state index in [-0.39, 0.29) is 0 Å². The molecule has 0 saturated carbocycles. The molecule has 24 heavy (non-hydrogen) atoms. The SMILES string of the molecule is C[C@@]1(CCc2ccccc2)OC(=O)N(CCc2cnc[nH]2)[C@@]1(C)O. The molecule has 1 aliphatic heterocycles. The molecule has 1 aromatic carbocycles. The maximum absolute atomic E-state index is 12.3. The van der Waals surface area contributed by atoms with Gasteiger partial charge in [0.05, 0.1) is 6.33 Å². The summed E-state index contributed by atoms with van der Waals surface area (Å²) in [6, 6.07) is 9.99. The minimum absolute atomic E-state index is 0.370. The summed E-state index contributed by atoms with van der Waals surface area (Å²) < 4.78 is 5.58. The Balaban J connectivity index is 1.68. The van der Waals surface area contributed by atoms with Gasteiger partial charge in [0.25, 0.3) is 0 Å². The van der Waals surface area contributed by atoms with Crippen LogP contribution in [-0.2, 0) is 17.6 Å². The van der Waals surface area contributed by atoms with Crippen LogP contribution in [0.1, 0.15) is 31.5 Å². The molecule has 2 heterocycles. The number of imidazole rings is 1. The second-order valence-electron chi connectivity index (χ2n) is 6.58. The zero-order valence-electron chi connectivity index (χ0n) is 14.0. The van der Waals surface area contributed by atoms with E-state index in [0.717, 1.165) is 17.7 Å². The maximum Gasteiger partial charge on any atom is 0.412 e. The number of aliphatic hydroxyl groups is 1. The van der Waals surface area contributed by atoms with Gasteiger partial charge >= 0.3 is 6.09 Å². The monoisotopic (exact) mass is 329 g/mol. The second kappa shape index (κ2) is 6.28. The van der Waals surface area contributed by atoms with E-state index in [4.69, 9.17) is 4.74 Å². The first-order valence-electron chi connectivity index (χ1n) is 8.16. The number of benzene rings is 1. The van der Waals surface area contributed by atoms with Gasteiger partial charge in [0.15, 0.2) is 11.3 Å². The van der Waals surface area contributed by atoms with Crippen LogP contribution in [-0.4, -0.2) is 43.9 Å². The van der Waals surface area contributed by atoms with E-state index in [9.17, 15) is 9.90 Å². The van der Waals surface area contributed by atoms with E-state index in [1.54, 1.807) is 26.4 Å². The van der Waals surface area contributed by atoms with Crippen molar-refractivity contribution in [3.8, 4) is 0 Å². The van der Waals surface area contributed by atoms with Crippen LogP contribution in [0.5, 0.6) is 0 Å². The maximum atomic E-state index is 12.3. The Morgan fingerprint density at radius 1 is 1.25 bits per heavy atom. The number of rotatable bonds is 6. The molecule has 128 valence electrons. The predicted octanol–water partition coefficient (Wildman–Crippen LogP) is 2.50. The summed E-state index contributed by atoms with van der Waals surface area (Å²) in [5.74, 6) is 0. The fourth-order valence-electron chi connectivity index (χ4n) is 3.09. The lowest BCUT2D eigenvalue weighted by Crippen LogP contribution is -2.55. The van der Waals surface area contributed by atoms with Crippen molar-refractivity contribution in [2.75, 3.05) is 6.54 Å². The molecule has 2 atom stereocenters. The predicted molar refractivity (Wildman–Crippen MR) is 89.3 cm³/mol. The standard InChI is InChI=1S/C18H23N3O3/c1-17(10-8-14-6-4-3-5-7-14)18(2,23)21(16(22)24-17)11-9-15-12-19-13-20-15/h3-7,12-13,23H,8-11H2,1-2H3,(H,19,20)/t17-,18-/m0/s1. The van der Waals surface area contributed by atoms with E-state index >= 15 is 0 Å². The molecule has 1 aliphatic rings. The van der Waals surface area contributed by atoms with E-state index in [0.29, 0.717) is 19.4 Å². The third kappa shape index (κ3) is 3.01.